The number of para-hydroxylation sites is 1. The Hall–Kier alpha value is -2.09. The van der Waals surface area contributed by atoms with Crippen molar-refractivity contribution in [1.82, 2.24) is 0 Å². The van der Waals surface area contributed by atoms with Gasteiger partial charge in [0.25, 0.3) is 0 Å². The summed E-state index contributed by atoms with van der Waals surface area (Å²) in [6.07, 6.45) is 2.61. The normalized spacial score (nSPS) is 17.0. The Labute approximate surface area is 125 Å². The van der Waals surface area contributed by atoms with Gasteiger partial charge in [-0.25, -0.2) is 0 Å². The van der Waals surface area contributed by atoms with E-state index in [0.29, 0.717) is 6.42 Å². The molecule has 0 N–H and O–H groups in total. The van der Waals surface area contributed by atoms with Crippen LogP contribution in [0.3, 0.4) is 0 Å². The maximum absolute atomic E-state index is 12.5. The Kier molecular flexibility index (Phi) is 3.54. The number of benzene rings is 2. The zero-order valence-electron chi connectivity index (χ0n) is 12.6. The first-order chi connectivity index (χ1) is 10.0. The molecule has 108 valence electrons. The van der Waals surface area contributed by atoms with Crippen LogP contribution in [0.25, 0.3) is 0 Å². The summed E-state index contributed by atoms with van der Waals surface area (Å²) < 4.78 is 5.83. The summed E-state index contributed by atoms with van der Waals surface area (Å²) in [7, 11) is 0. The third-order valence-electron chi connectivity index (χ3n) is 4.07. The van der Waals surface area contributed by atoms with Gasteiger partial charge in [-0.1, -0.05) is 38.1 Å². The molecule has 0 heterocycles. The van der Waals surface area contributed by atoms with Gasteiger partial charge < -0.3 is 4.74 Å². The van der Waals surface area contributed by atoms with Crippen molar-refractivity contribution >= 4 is 5.78 Å². The van der Waals surface area contributed by atoms with E-state index in [4.69, 9.17) is 4.74 Å². The maximum atomic E-state index is 12.5. The van der Waals surface area contributed by atoms with Crippen LogP contribution in [-0.4, -0.2) is 5.78 Å². The van der Waals surface area contributed by atoms with Crippen LogP contribution in [-0.2, 0) is 6.42 Å². The molecule has 0 saturated carbocycles. The summed E-state index contributed by atoms with van der Waals surface area (Å²) in [5.41, 5.74) is 2.05. The lowest BCUT2D eigenvalue weighted by molar-refractivity contribution is 0.0934. The van der Waals surface area contributed by atoms with E-state index in [9.17, 15) is 4.79 Å². The molecule has 1 aliphatic rings. The number of rotatable bonds is 2. The molecule has 0 fully saturated rings. The van der Waals surface area contributed by atoms with Crippen LogP contribution in [0, 0.1) is 5.41 Å². The predicted octanol–water partition coefficient (Wildman–Crippen LogP) is 5.02. The molecule has 0 bridgehead atoms. The molecule has 2 heteroatoms. The van der Waals surface area contributed by atoms with Gasteiger partial charge in [-0.05, 0) is 48.1 Å². The lowest BCUT2D eigenvalue weighted by Crippen LogP contribution is -2.14. The summed E-state index contributed by atoms with van der Waals surface area (Å²) in [6.45, 7) is 4.33. The van der Waals surface area contributed by atoms with Crippen molar-refractivity contribution in [3.63, 3.8) is 0 Å². The third kappa shape index (κ3) is 3.15. The topological polar surface area (TPSA) is 26.3 Å². The van der Waals surface area contributed by atoms with Crippen LogP contribution in [0.1, 0.15) is 42.6 Å². The molecule has 0 amide bonds. The molecular weight excluding hydrogens is 260 g/mol. The Morgan fingerprint density at radius 2 is 1.76 bits per heavy atom. The second-order valence-corrected chi connectivity index (χ2v) is 6.50. The van der Waals surface area contributed by atoms with Crippen LogP contribution in [0.15, 0.2) is 48.5 Å². The highest BCUT2D eigenvalue weighted by molar-refractivity contribution is 5.98. The fraction of sp³-hybridized carbons (Fsp3) is 0.316. The summed E-state index contributed by atoms with van der Waals surface area (Å²) in [5, 5.41) is 0. The molecule has 0 unspecified atom stereocenters. The molecule has 1 aliphatic carbocycles. The van der Waals surface area contributed by atoms with E-state index < -0.39 is 0 Å². The number of ketones is 1. The van der Waals surface area contributed by atoms with Gasteiger partial charge in [0.2, 0.25) is 0 Å². The van der Waals surface area contributed by atoms with E-state index in [-0.39, 0.29) is 11.2 Å². The van der Waals surface area contributed by atoms with E-state index in [2.05, 4.69) is 13.8 Å². The number of Topliss-reactive ketones (excluding diaryl/α,β-unsaturated/α-hetero) is 1. The summed E-state index contributed by atoms with van der Waals surface area (Å²) in [4.78, 5) is 12.5. The van der Waals surface area contributed by atoms with E-state index in [0.717, 1.165) is 35.5 Å². The van der Waals surface area contributed by atoms with Gasteiger partial charge in [0.05, 0.1) is 0 Å². The minimum atomic E-state index is 0.0799. The van der Waals surface area contributed by atoms with E-state index in [1.165, 1.54) is 0 Å². The monoisotopic (exact) mass is 280 g/mol. The number of aryl methyl sites for hydroxylation is 1. The zero-order valence-corrected chi connectivity index (χ0v) is 12.6. The van der Waals surface area contributed by atoms with Crippen molar-refractivity contribution in [2.45, 2.75) is 33.1 Å². The minimum absolute atomic E-state index is 0.0799. The average molecular weight is 280 g/mol. The number of carbonyl (C=O) groups is 1. The minimum Gasteiger partial charge on any atom is -0.457 e. The molecule has 21 heavy (non-hydrogen) atoms. The lowest BCUT2D eigenvalue weighted by Gasteiger charge is -2.20. The Balaban J connectivity index is 1.90. The molecular formula is C19H20O2. The van der Waals surface area contributed by atoms with Gasteiger partial charge in [0.15, 0.2) is 5.78 Å². The van der Waals surface area contributed by atoms with Crippen LogP contribution in [0.5, 0.6) is 11.5 Å². The molecule has 2 aromatic rings. The first kappa shape index (κ1) is 13.9. The number of fused-ring (bicyclic) bond motifs is 1. The molecule has 2 nitrogen and oxygen atoms in total. The van der Waals surface area contributed by atoms with Crippen LogP contribution < -0.4 is 4.74 Å². The predicted molar refractivity (Wildman–Crippen MR) is 84.0 cm³/mol. The highest BCUT2D eigenvalue weighted by Gasteiger charge is 2.28. The molecule has 0 spiro atoms. The summed E-state index contributed by atoms with van der Waals surface area (Å²) in [5.74, 6) is 1.75. The Bertz CT molecular complexity index is 657. The maximum Gasteiger partial charge on any atom is 0.163 e. The number of carbonyl (C=O) groups excluding carboxylic acids is 1. The van der Waals surface area contributed by atoms with Crippen molar-refractivity contribution in [2.75, 3.05) is 0 Å². The van der Waals surface area contributed by atoms with Crippen LogP contribution in [0.2, 0.25) is 0 Å². The van der Waals surface area contributed by atoms with Crippen molar-refractivity contribution in [3.05, 3.63) is 59.7 Å². The van der Waals surface area contributed by atoms with E-state index in [1.807, 2.05) is 48.5 Å². The van der Waals surface area contributed by atoms with Crippen LogP contribution in [0.4, 0.5) is 0 Å². The van der Waals surface area contributed by atoms with Crippen molar-refractivity contribution in [2.24, 2.45) is 5.41 Å². The molecule has 3 rings (SSSR count). The number of ether oxygens (including phenoxy) is 1. The first-order valence-corrected chi connectivity index (χ1v) is 7.43. The highest BCUT2D eigenvalue weighted by atomic mass is 16.5. The fourth-order valence-corrected chi connectivity index (χ4v) is 2.81. The van der Waals surface area contributed by atoms with Gasteiger partial charge in [0.1, 0.15) is 11.5 Å². The standard InChI is InChI=1S/C19H20O2/c1-19(2)11-10-14-8-9-16(12-17(14)18(20)13-19)21-15-6-4-3-5-7-15/h3-9,12H,10-11,13H2,1-2H3. The molecule has 0 radical (unpaired) electrons. The Morgan fingerprint density at radius 3 is 2.52 bits per heavy atom. The van der Waals surface area contributed by atoms with E-state index >= 15 is 0 Å². The number of hydrogen-bond acceptors (Lipinski definition) is 2. The largest absolute Gasteiger partial charge is 0.457 e. The van der Waals surface area contributed by atoms with Crippen molar-refractivity contribution in [3.8, 4) is 11.5 Å². The third-order valence-corrected chi connectivity index (χ3v) is 4.07. The first-order valence-electron chi connectivity index (χ1n) is 7.43. The zero-order chi connectivity index (χ0) is 14.9. The second-order valence-electron chi connectivity index (χ2n) is 6.50. The second kappa shape index (κ2) is 5.36. The van der Waals surface area contributed by atoms with E-state index in [1.54, 1.807) is 0 Å². The smallest absolute Gasteiger partial charge is 0.163 e. The Morgan fingerprint density at radius 1 is 1.00 bits per heavy atom. The van der Waals surface area contributed by atoms with Gasteiger partial charge in [-0.3, -0.25) is 4.79 Å². The summed E-state index contributed by atoms with van der Waals surface area (Å²) >= 11 is 0. The lowest BCUT2D eigenvalue weighted by atomic mass is 9.84. The average Bonchev–Trinajstić information content (AvgIpc) is 2.57. The van der Waals surface area contributed by atoms with Crippen molar-refractivity contribution < 1.29 is 9.53 Å². The SMILES string of the molecule is CC1(C)CCc2ccc(Oc3ccccc3)cc2C(=O)C1. The fourth-order valence-electron chi connectivity index (χ4n) is 2.81. The molecule has 0 aromatic heterocycles. The molecule has 0 atom stereocenters. The van der Waals surface area contributed by atoms with Gasteiger partial charge in [-0.15, -0.1) is 0 Å². The molecule has 2 aromatic carbocycles. The molecule has 0 aliphatic heterocycles. The van der Waals surface area contributed by atoms with Gasteiger partial charge >= 0.3 is 0 Å². The summed E-state index contributed by atoms with van der Waals surface area (Å²) in [6, 6.07) is 15.5. The van der Waals surface area contributed by atoms with Crippen molar-refractivity contribution in [1.29, 1.82) is 0 Å². The quantitative estimate of drug-likeness (QED) is 0.722. The van der Waals surface area contributed by atoms with Gasteiger partial charge in [0, 0.05) is 12.0 Å². The molecule has 0 saturated heterocycles. The number of hydrogen-bond donors (Lipinski definition) is 0. The highest BCUT2D eigenvalue weighted by Crippen LogP contribution is 2.35. The van der Waals surface area contributed by atoms with Crippen LogP contribution >= 0.6 is 0 Å². The van der Waals surface area contributed by atoms with Gasteiger partial charge in [-0.2, -0.15) is 0 Å².